The first-order chi connectivity index (χ1) is 11.0. The van der Waals surface area contributed by atoms with Gasteiger partial charge in [-0.3, -0.25) is 9.59 Å². The predicted molar refractivity (Wildman–Crippen MR) is 85.0 cm³/mol. The molecule has 0 unspecified atom stereocenters. The van der Waals surface area contributed by atoms with Gasteiger partial charge >= 0.3 is 12.0 Å². The molecule has 1 heterocycles. The number of methoxy groups -OCH3 is 1. The Morgan fingerprint density at radius 3 is 2.74 bits per heavy atom. The second-order valence-electron chi connectivity index (χ2n) is 5.22. The van der Waals surface area contributed by atoms with Crippen LogP contribution in [-0.2, 0) is 27.3 Å². The molecule has 1 aliphatic rings. The second-order valence-corrected chi connectivity index (χ2v) is 5.22. The Labute approximate surface area is 135 Å². The molecule has 7 heteroatoms. The maximum absolute atomic E-state index is 11.9. The number of benzene rings is 1. The molecule has 0 radical (unpaired) electrons. The third-order valence-corrected chi connectivity index (χ3v) is 3.72. The first-order valence-corrected chi connectivity index (χ1v) is 7.55. The molecule has 0 bridgehead atoms. The quantitative estimate of drug-likeness (QED) is 0.791. The van der Waals surface area contributed by atoms with Gasteiger partial charge in [-0.1, -0.05) is 19.1 Å². The minimum atomic E-state index is -0.502. The normalized spacial score (nSPS) is 12.5. The summed E-state index contributed by atoms with van der Waals surface area (Å²) in [4.78, 5) is 36.2. The number of hydrogen-bond donors (Lipinski definition) is 2. The summed E-state index contributed by atoms with van der Waals surface area (Å²) in [7, 11) is 1.26. The number of esters is 1. The van der Waals surface area contributed by atoms with Gasteiger partial charge in [0.1, 0.15) is 6.54 Å². The highest BCUT2D eigenvalue weighted by molar-refractivity contribution is 5.95. The standard InChI is InChI=1S/C16H21N3O4/c1-3-14(20)19-7-6-12-8-11(4-5-13(12)19)9-17-16(22)18-10-15(21)23-2/h4-5,8H,3,6-7,9-10H2,1-2H3,(H2,17,18,22). The largest absolute Gasteiger partial charge is 0.468 e. The van der Waals surface area contributed by atoms with Crippen molar-refractivity contribution in [2.75, 3.05) is 25.1 Å². The number of nitrogens with zero attached hydrogens (tertiary/aromatic N) is 1. The van der Waals surface area contributed by atoms with Gasteiger partial charge in [0.15, 0.2) is 0 Å². The van der Waals surface area contributed by atoms with Crippen LogP contribution in [-0.4, -0.2) is 38.1 Å². The third kappa shape index (κ3) is 4.21. The molecule has 0 atom stereocenters. The third-order valence-electron chi connectivity index (χ3n) is 3.72. The highest BCUT2D eigenvalue weighted by atomic mass is 16.5. The first-order valence-electron chi connectivity index (χ1n) is 7.55. The number of ether oxygens (including phenoxy) is 1. The highest BCUT2D eigenvalue weighted by Crippen LogP contribution is 2.29. The van der Waals surface area contributed by atoms with E-state index < -0.39 is 12.0 Å². The highest BCUT2D eigenvalue weighted by Gasteiger charge is 2.23. The number of anilines is 1. The van der Waals surface area contributed by atoms with E-state index in [2.05, 4.69) is 15.4 Å². The van der Waals surface area contributed by atoms with Crippen molar-refractivity contribution < 1.29 is 19.1 Å². The zero-order chi connectivity index (χ0) is 16.8. The Bertz CT molecular complexity index is 615. The minimum Gasteiger partial charge on any atom is -0.468 e. The molecule has 124 valence electrons. The van der Waals surface area contributed by atoms with Crippen molar-refractivity contribution in [3.8, 4) is 0 Å². The summed E-state index contributed by atoms with van der Waals surface area (Å²) in [6, 6.07) is 5.37. The van der Waals surface area contributed by atoms with Crippen LogP contribution in [0, 0.1) is 0 Å². The van der Waals surface area contributed by atoms with E-state index in [0.717, 1.165) is 23.2 Å². The summed E-state index contributed by atoms with van der Waals surface area (Å²) in [5.41, 5.74) is 3.01. The maximum Gasteiger partial charge on any atom is 0.325 e. The van der Waals surface area contributed by atoms with Gasteiger partial charge < -0.3 is 20.3 Å². The lowest BCUT2D eigenvalue weighted by molar-refractivity contribution is -0.139. The summed E-state index contributed by atoms with van der Waals surface area (Å²) in [6.45, 7) is 2.74. The van der Waals surface area contributed by atoms with E-state index in [0.29, 0.717) is 19.5 Å². The molecule has 3 amide bonds. The van der Waals surface area contributed by atoms with Crippen molar-refractivity contribution in [3.63, 3.8) is 0 Å². The molecule has 7 nitrogen and oxygen atoms in total. The Morgan fingerprint density at radius 2 is 2.04 bits per heavy atom. The molecule has 0 fully saturated rings. The number of carbonyl (C=O) groups excluding carboxylic acids is 3. The molecular formula is C16H21N3O4. The zero-order valence-electron chi connectivity index (χ0n) is 13.3. The Hall–Kier alpha value is -2.57. The SMILES string of the molecule is CCC(=O)N1CCc2cc(CNC(=O)NCC(=O)OC)ccc21. The summed E-state index contributed by atoms with van der Waals surface area (Å²) in [6.07, 6.45) is 1.31. The van der Waals surface area contributed by atoms with Crippen molar-refractivity contribution in [3.05, 3.63) is 29.3 Å². The van der Waals surface area contributed by atoms with E-state index in [9.17, 15) is 14.4 Å². The molecule has 0 saturated carbocycles. The van der Waals surface area contributed by atoms with E-state index in [1.807, 2.05) is 25.1 Å². The average Bonchev–Trinajstić information content (AvgIpc) is 3.00. The van der Waals surface area contributed by atoms with Crippen LogP contribution in [0.4, 0.5) is 10.5 Å². The van der Waals surface area contributed by atoms with E-state index >= 15 is 0 Å². The predicted octanol–water partition coefficient (Wildman–Crippen LogP) is 0.958. The summed E-state index contributed by atoms with van der Waals surface area (Å²) < 4.78 is 4.44. The van der Waals surface area contributed by atoms with E-state index in [1.54, 1.807) is 4.90 Å². The van der Waals surface area contributed by atoms with Crippen molar-refractivity contribution in [2.24, 2.45) is 0 Å². The van der Waals surface area contributed by atoms with Crippen LogP contribution >= 0.6 is 0 Å². The van der Waals surface area contributed by atoms with Crippen molar-refractivity contribution in [1.29, 1.82) is 0 Å². The smallest absolute Gasteiger partial charge is 0.325 e. The molecule has 23 heavy (non-hydrogen) atoms. The van der Waals surface area contributed by atoms with Gasteiger partial charge in [-0.15, -0.1) is 0 Å². The minimum absolute atomic E-state index is 0.122. The number of nitrogens with one attached hydrogen (secondary N) is 2. The van der Waals surface area contributed by atoms with Crippen molar-refractivity contribution in [1.82, 2.24) is 10.6 Å². The van der Waals surface area contributed by atoms with E-state index in [4.69, 9.17) is 0 Å². The van der Waals surface area contributed by atoms with Gasteiger partial charge in [-0.2, -0.15) is 0 Å². The molecule has 2 N–H and O–H groups in total. The van der Waals surface area contributed by atoms with E-state index in [-0.39, 0.29) is 12.5 Å². The molecule has 0 aromatic heterocycles. The van der Waals surface area contributed by atoms with Crippen LogP contribution in [0.25, 0.3) is 0 Å². The fourth-order valence-electron chi connectivity index (χ4n) is 2.48. The van der Waals surface area contributed by atoms with Gasteiger partial charge in [0.25, 0.3) is 0 Å². The molecule has 1 aromatic carbocycles. The lowest BCUT2D eigenvalue weighted by Gasteiger charge is -2.16. The lowest BCUT2D eigenvalue weighted by Crippen LogP contribution is -2.38. The number of rotatable bonds is 5. The van der Waals surface area contributed by atoms with Crippen LogP contribution in [0.15, 0.2) is 18.2 Å². The Balaban J connectivity index is 1.90. The summed E-state index contributed by atoms with van der Waals surface area (Å²) >= 11 is 0. The molecule has 1 aliphatic heterocycles. The van der Waals surface area contributed by atoms with Crippen LogP contribution in [0.2, 0.25) is 0 Å². The van der Waals surface area contributed by atoms with E-state index in [1.165, 1.54) is 7.11 Å². The maximum atomic E-state index is 11.9. The topological polar surface area (TPSA) is 87.7 Å². The Kier molecular flexibility index (Phi) is 5.56. The van der Waals surface area contributed by atoms with Crippen molar-refractivity contribution >= 4 is 23.6 Å². The second kappa shape index (κ2) is 7.62. The van der Waals surface area contributed by atoms with Crippen LogP contribution < -0.4 is 15.5 Å². The number of amides is 3. The average molecular weight is 319 g/mol. The fraction of sp³-hybridized carbons (Fsp3) is 0.438. The van der Waals surface area contributed by atoms with Crippen LogP contribution in [0.5, 0.6) is 0 Å². The Morgan fingerprint density at radius 1 is 1.26 bits per heavy atom. The van der Waals surface area contributed by atoms with Gasteiger partial charge in [0.2, 0.25) is 5.91 Å². The summed E-state index contributed by atoms with van der Waals surface area (Å²) in [5.74, 6) is -0.379. The fourth-order valence-corrected chi connectivity index (χ4v) is 2.48. The van der Waals surface area contributed by atoms with Crippen molar-refractivity contribution in [2.45, 2.75) is 26.3 Å². The number of urea groups is 1. The van der Waals surface area contributed by atoms with Gasteiger partial charge in [-0.25, -0.2) is 4.79 Å². The van der Waals surface area contributed by atoms with Gasteiger partial charge in [0.05, 0.1) is 7.11 Å². The number of carbonyl (C=O) groups is 3. The zero-order valence-corrected chi connectivity index (χ0v) is 13.3. The monoisotopic (exact) mass is 319 g/mol. The molecule has 0 spiro atoms. The first kappa shape index (κ1) is 16.8. The lowest BCUT2D eigenvalue weighted by atomic mass is 10.1. The molecule has 2 rings (SSSR count). The van der Waals surface area contributed by atoms with Gasteiger partial charge in [-0.05, 0) is 23.6 Å². The number of fused-ring (bicyclic) bond motifs is 1. The van der Waals surface area contributed by atoms with Gasteiger partial charge in [0, 0.05) is 25.2 Å². The molecule has 0 aliphatic carbocycles. The van der Waals surface area contributed by atoms with Crippen LogP contribution in [0.3, 0.4) is 0 Å². The molecule has 0 saturated heterocycles. The molecule has 1 aromatic rings. The number of hydrogen-bond acceptors (Lipinski definition) is 4. The molecular weight excluding hydrogens is 298 g/mol. The van der Waals surface area contributed by atoms with Crippen LogP contribution in [0.1, 0.15) is 24.5 Å². The summed E-state index contributed by atoms with van der Waals surface area (Å²) in [5, 5.41) is 5.08.